The van der Waals surface area contributed by atoms with Crippen LogP contribution in [0.3, 0.4) is 0 Å². The number of halogens is 1. The molecule has 5 saturated heterocycles. The minimum Gasteiger partial charge on any atom is -0.397 e. The third kappa shape index (κ3) is 6.41. The Morgan fingerprint density at radius 2 is 1.78 bits per heavy atom. The Labute approximate surface area is 280 Å². The Hall–Kier alpha value is -3.06. The number of piperidine rings is 4. The van der Waals surface area contributed by atoms with Gasteiger partial charge in [0.25, 0.3) is 0 Å². The number of carbonyl (C=O) groups is 3. The minimum absolute atomic E-state index is 0.0565. The molecule has 5 fully saturated rings. The number of hydrogen-bond donors (Lipinski definition) is 3. The van der Waals surface area contributed by atoms with Crippen molar-refractivity contribution >= 4 is 51.6 Å². The molecule has 248 valence electrons. The molecule has 1 aromatic heterocycles. The summed E-state index contributed by atoms with van der Waals surface area (Å²) in [6.07, 6.45) is 4.26. The van der Waals surface area contributed by atoms with E-state index in [1.165, 1.54) is 25.9 Å². The van der Waals surface area contributed by atoms with Crippen LogP contribution in [0.25, 0.3) is 0 Å². The number of nitrogen functional groups attached to an aromatic ring is 1. The summed E-state index contributed by atoms with van der Waals surface area (Å²) in [6, 6.07) is 5.40. The molecule has 1 unspecified atom stereocenters. The maximum atomic E-state index is 14.1. The van der Waals surface area contributed by atoms with Crippen molar-refractivity contribution in [2.24, 2.45) is 5.92 Å². The Bertz CT molecular complexity index is 1440. The van der Waals surface area contributed by atoms with E-state index in [-0.39, 0.29) is 24.0 Å². The predicted molar refractivity (Wildman–Crippen MR) is 181 cm³/mol. The fourth-order valence-corrected chi connectivity index (χ4v) is 9.22. The molecule has 1 aromatic carbocycles. The van der Waals surface area contributed by atoms with E-state index < -0.39 is 6.04 Å². The summed E-state index contributed by atoms with van der Waals surface area (Å²) in [5.74, 6) is 0.707. The number of urea groups is 2. The Kier molecular flexibility index (Phi) is 9.06. The molecular weight excluding hydrogens is 624 g/mol. The van der Waals surface area contributed by atoms with E-state index in [1.807, 2.05) is 28.2 Å². The van der Waals surface area contributed by atoms with E-state index in [9.17, 15) is 14.4 Å². The van der Waals surface area contributed by atoms with E-state index in [2.05, 4.69) is 26.5 Å². The molecule has 46 heavy (non-hydrogen) atoms. The van der Waals surface area contributed by atoms with E-state index in [0.29, 0.717) is 68.7 Å². The monoisotopic (exact) mass is 668 g/mol. The van der Waals surface area contributed by atoms with E-state index in [1.54, 1.807) is 22.3 Å². The van der Waals surface area contributed by atoms with Gasteiger partial charge in [0.2, 0.25) is 5.91 Å². The molecule has 0 aliphatic carbocycles. The summed E-state index contributed by atoms with van der Waals surface area (Å²) >= 11 is 7.97. The van der Waals surface area contributed by atoms with Crippen molar-refractivity contribution in [1.82, 2.24) is 29.8 Å². The van der Waals surface area contributed by atoms with Crippen molar-refractivity contribution in [2.75, 3.05) is 70.0 Å². The molecule has 6 aliphatic heterocycles. The van der Waals surface area contributed by atoms with Crippen molar-refractivity contribution in [3.8, 4) is 0 Å². The molecule has 2 aromatic rings. The van der Waals surface area contributed by atoms with Crippen molar-refractivity contribution in [3.05, 3.63) is 45.3 Å². The van der Waals surface area contributed by atoms with Gasteiger partial charge in [0.05, 0.1) is 17.3 Å². The van der Waals surface area contributed by atoms with Gasteiger partial charge in [0.15, 0.2) is 0 Å². The number of nitrogens with zero attached hydrogens (tertiary/aromatic N) is 5. The van der Waals surface area contributed by atoms with Gasteiger partial charge in [0, 0.05) is 69.9 Å². The average Bonchev–Trinajstić information content (AvgIpc) is 3.54. The lowest BCUT2D eigenvalue weighted by atomic mass is 9.83. The van der Waals surface area contributed by atoms with Crippen LogP contribution < -0.4 is 16.4 Å². The van der Waals surface area contributed by atoms with Crippen LogP contribution in [0.5, 0.6) is 0 Å². The van der Waals surface area contributed by atoms with Gasteiger partial charge in [-0.25, -0.2) is 9.59 Å². The highest BCUT2D eigenvalue weighted by molar-refractivity contribution is 7.14. The Balaban J connectivity index is 0.994. The van der Waals surface area contributed by atoms with E-state index in [0.717, 1.165) is 47.2 Å². The highest BCUT2D eigenvalue weighted by Crippen LogP contribution is 2.33. The molecule has 7 heterocycles. The van der Waals surface area contributed by atoms with Crippen molar-refractivity contribution < 1.29 is 14.4 Å². The molecule has 5 amide bonds. The van der Waals surface area contributed by atoms with E-state index >= 15 is 0 Å². The lowest BCUT2D eigenvalue weighted by Gasteiger charge is -2.51. The van der Waals surface area contributed by atoms with Gasteiger partial charge in [-0.3, -0.25) is 15.0 Å². The normalized spacial score (nSPS) is 26.1. The SMILES string of the molecule is Cc1cc(C[C@@H](NC(=O)N2CCC(N3Cc4ccsc4NC3=O)CC2)C(=O)N2CCN(C3CN4CCC3CC4)CC2)cc(Cl)c1N. The second kappa shape index (κ2) is 13.2. The smallest absolute Gasteiger partial charge is 0.323 e. The summed E-state index contributed by atoms with van der Waals surface area (Å²) in [5.41, 5.74) is 9.48. The molecule has 11 nitrogen and oxygen atoms in total. The first-order chi connectivity index (χ1) is 22.2. The number of amides is 5. The average molecular weight is 669 g/mol. The quantitative estimate of drug-likeness (QED) is 0.405. The van der Waals surface area contributed by atoms with Crippen LogP contribution in [0, 0.1) is 12.8 Å². The fourth-order valence-electron chi connectivity index (χ4n) is 8.13. The zero-order valence-electron chi connectivity index (χ0n) is 26.5. The topological polar surface area (TPSA) is 117 Å². The van der Waals surface area contributed by atoms with Crippen LogP contribution in [0.15, 0.2) is 23.6 Å². The van der Waals surface area contributed by atoms with Crippen LogP contribution in [-0.2, 0) is 17.8 Å². The third-order valence-corrected chi connectivity index (χ3v) is 12.1. The van der Waals surface area contributed by atoms with Crippen molar-refractivity contribution in [1.29, 1.82) is 0 Å². The number of likely N-dealkylation sites (tertiary alicyclic amines) is 1. The summed E-state index contributed by atoms with van der Waals surface area (Å²) in [5, 5.41) is 9.48. The minimum atomic E-state index is -0.724. The van der Waals surface area contributed by atoms with Crippen molar-refractivity contribution in [2.45, 2.75) is 63.7 Å². The van der Waals surface area contributed by atoms with Crippen LogP contribution >= 0.6 is 22.9 Å². The number of piperazine rings is 1. The van der Waals surface area contributed by atoms with Gasteiger partial charge in [0.1, 0.15) is 11.0 Å². The molecule has 2 bridgehead atoms. The van der Waals surface area contributed by atoms with Gasteiger partial charge >= 0.3 is 12.1 Å². The van der Waals surface area contributed by atoms with Crippen LogP contribution in [0.2, 0.25) is 5.02 Å². The molecule has 6 aliphatic rings. The highest BCUT2D eigenvalue weighted by Gasteiger charge is 2.40. The van der Waals surface area contributed by atoms with Gasteiger partial charge < -0.3 is 30.7 Å². The standard InChI is InChI=1S/C33H45ClN8O3S/c1-21-16-22(17-26(34)29(21)35)18-27(31(43)40-13-11-39(12-14-40)28-20-38-7-2-23(28)3-8-38)36-32(44)41-9-4-25(5-10-41)42-19-24-6-15-46-30(24)37-33(42)45/h6,15-17,23,25,27-28H,2-5,7-14,18-20,35H2,1H3,(H,36,44)(H,37,45)/t27-,28?/m1/s1. The van der Waals surface area contributed by atoms with Gasteiger partial charge in [-0.15, -0.1) is 11.3 Å². The lowest BCUT2D eigenvalue weighted by molar-refractivity contribution is -0.136. The number of nitrogens with one attached hydrogen (secondary N) is 2. The Morgan fingerprint density at radius 3 is 2.46 bits per heavy atom. The molecule has 13 heteroatoms. The second-order valence-electron chi connectivity index (χ2n) is 13.6. The lowest BCUT2D eigenvalue weighted by Crippen LogP contribution is -2.63. The molecule has 4 N–H and O–H groups in total. The predicted octanol–water partition coefficient (Wildman–Crippen LogP) is 3.66. The fraction of sp³-hybridized carbons (Fsp3) is 0.606. The van der Waals surface area contributed by atoms with E-state index in [4.69, 9.17) is 17.3 Å². The Morgan fingerprint density at radius 1 is 1.04 bits per heavy atom. The zero-order chi connectivity index (χ0) is 31.9. The van der Waals surface area contributed by atoms with Crippen LogP contribution in [-0.4, -0.2) is 119 Å². The summed E-state index contributed by atoms with van der Waals surface area (Å²) in [7, 11) is 0. The number of anilines is 2. The number of benzene rings is 1. The molecule has 0 spiro atoms. The number of fused-ring (bicyclic) bond motifs is 4. The molecule has 2 atom stereocenters. The number of carbonyl (C=O) groups excluding carboxylic acids is 3. The van der Waals surface area contributed by atoms with Crippen molar-refractivity contribution in [3.63, 3.8) is 0 Å². The van der Waals surface area contributed by atoms with Crippen LogP contribution in [0.4, 0.5) is 20.3 Å². The molecule has 0 saturated carbocycles. The molecule has 8 rings (SSSR count). The summed E-state index contributed by atoms with van der Waals surface area (Å²) < 4.78 is 0. The van der Waals surface area contributed by atoms with Crippen LogP contribution in [0.1, 0.15) is 42.4 Å². The maximum Gasteiger partial charge on any atom is 0.323 e. The second-order valence-corrected chi connectivity index (χ2v) is 15.0. The molecule has 0 radical (unpaired) electrons. The maximum absolute atomic E-state index is 14.1. The first-order valence-electron chi connectivity index (χ1n) is 16.7. The number of aryl methyl sites for hydroxylation is 1. The van der Waals surface area contributed by atoms with Gasteiger partial charge in [-0.05, 0) is 80.3 Å². The third-order valence-electron chi connectivity index (χ3n) is 10.9. The number of hydrogen-bond acceptors (Lipinski definition) is 7. The van der Waals surface area contributed by atoms with Gasteiger partial charge in [-0.1, -0.05) is 17.7 Å². The summed E-state index contributed by atoms with van der Waals surface area (Å²) in [4.78, 5) is 51.3. The highest BCUT2D eigenvalue weighted by atomic mass is 35.5. The first kappa shape index (κ1) is 31.5. The number of thiophene rings is 1. The first-order valence-corrected chi connectivity index (χ1v) is 18.0. The number of nitrogens with two attached hydrogens (primary N) is 1. The zero-order valence-corrected chi connectivity index (χ0v) is 28.1. The largest absolute Gasteiger partial charge is 0.397 e. The van der Waals surface area contributed by atoms with Gasteiger partial charge in [-0.2, -0.15) is 0 Å². The molecular formula is C33H45ClN8O3S. The summed E-state index contributed by atoms with van der Waals surface area (Å²) in [6.45, 7) is 10.1. The number of rotatable bonds is 6.